The summed E-state index contributed by atoms with van der Waals surface area (Å²) in [7, 11) is 0. The monoisotopic (exact) mass is 575 g/mol. The summed E-state index contributed by atoms with van der Waals surface area (Å²) in [6.07, 6.45) is -2.81. The molecule has 0 aliphatic heterocycles. The molecule has 11 heteroatoms. The van der Waals surface area contributed by atoms with Crippen molar-refractivity contribution in [3.05, 3.63) is 92.6 Å². The largest absolute Gasteiger partial charge is 1.00 e. The summed E-state index contributed by atoms with van der Waals surface area (Å²) < 4.78 is 74.9. The number of allylic oxidation sites excluding steroid dienone is 2. The van der Waals surface area contributed by atoms with Crippen LogP contribution in [-0.4, -0.2) is 11.0 Å². The smallest absolute Gasteiger partial charge is 0.545 e. The number of halogens is 6. The van der Waals surface area contributed by atoms with Crippen LogP contribution in [0.3, 0.4) is 0 Å². The molecular formula is C25H16BrF5NNaO3. The minimum absolute atomic E-state index is 0. The van der Waals surface area contributed by atoms with Crippen molar-refractivity contribution >= 4 is 33.0 Å². The van der Waals surface area contributed by atoms with Crippen LogP contribution >= 0.6 is 15.9 Å². The standard InChI is InChI=1S/C25H17BrF5NO3.Na/c26-17-5-4-13(22(28)10-17)12-35-23-21(9-16(11-32-23)25(29,30)31)20-3-1-2-19(20)14-6-15(24(33)34)8-18(27)7-14;/h4-11H,1-3,12H2,(H,33,34);/q;+1/p-1. The van der Waals surface area contributed by atoms with Crippen LogP contribution in [0.2, 0.25) is 0 Å². The normalized spacial score (nSPS) is 13.5. The number of nitrogens with zero attached hydrogens (tertiary/aromatic N) is 1. The van der Waals surface area contributed by atoms with E-state index in [4.69, 9.17) is 4.74 Å². The fourth-order valence-corrected chi connectivity index (χ4v) is 4.30. The Morgan fingerprint density at radius 2 is 1.78 bits per heavy atom. The predicted molar refractivity (Wildman–Crippen MR) is 119 cm³/mol. The van der Waals surface area contributed by atoms with Crippen molar-refractivity contribution < 1.29 is 66.1 Å². The summed E-state index contributed by atoms with van der Waals surface area (Å²) in [5.41, 5.74) is -0.0721. The molecule has 0 radical (unpaired) electrons. The molecule has 0 fully saturated rings. The number of carboxylic acids is 1. The van der Waals surface area contributed by atoms with Gasteiger partial charge < -0.3 is 14.6 Å². The summed E-state index contributed by atoms with van der Waals surface area (Å²) in [5.74, 6) is -3.11. The number of hydrogen-bond donors (Lipinski definition) is 0. The number of benzene rings is 2. The zero-order valence-electron chi connectivity index (χ0n) is 18.9. The van der Waals surface area contributed by atoms with E-state index >= 15 is 0 Å². The van der Waals surface area contributed by atoms with E-state index in [1.165, 1.54) is 18.2 Å². The van der Waals surface area contributed by atoms with Crippen LogP contribution < -0.4 is 39.4 Å². The zero-order valence-corrected chi connectivity index (χ0v) is 22.5. The third-order valence-corrected chi connectivity index (χ3v) is 6.08. The van der Waals surface area contributed by atoms with Crippen LogP contribution in [-0.2, 0) is 12.8 Å². The van der Waals surface area contributed by atoms with E-state index in [0.29, 0.717) is 41.1 Å². The predicted octanol–water partition coefficient (Wildman–Crippen LogP) is 3.18. The Morgan fingerprint density at radius 3 is 2.44 bits per heavy atom. The Bertz CT molecular complexity index is 1340. The number of carbonyl (C=O) groups is 1. The number of carbonyl (C=O) groups excluding carboxylic acids is 1. The maximum Gasteiger partial charge on any atom is 1.00 e. The third-order valence-electron chi connectivity index (χ3n) is 5.58. The number of carboxylic acid groups (broad SMARTS) is 1. The maximum atomic E-state index is 14.2. The number of hydrogen-bond acceptors (Lipinski definition) is 4. The van der Waals surface area contributed by atoms with Gasteiger partial charge >= 0.3 is 35.7 Å². The van der Waals surface area contributed by atoms with Crippen LogP contribution in [0.1, 0.15) is 51.9 Å². The van der Waals surface area contributed by atoms with Gasteiger partial charge in [0.15, 0.2) is 0 Å². The summed E-state index contributed by atoms with van der Waals surface area (Å²) in [5, 5.41) is 11.3. The van der Waals surface area contributed by atoms with E-state index in [9.17, 15) is 31.9 Å². The third kappa shape index (κ3) is 6.34. The van der Waals surface area contributed by atoms with Gasteiger partial charge in [-0.1, -0.05) is 22.0 Å². The van der Waals surface area contributed by atoms with Gasteiger partial charge in [0.2, 0.25) is 5.88 Å². The number of rotatable bonds is 6. The molecule has 3 aromatic rings. The fraction of sp³-hybridized carbons (Fsp3) is 0.200. The Balaban J connectivity index is 0.00000361. The molecular weight excluding hydrogens is 560 g/mol. The van der Waals surface area contributed by atoms with Crippen molar-refractivity contribution in [3.63, 3.8) is 0 Å². The van der Waals surface area contributed by atoms with E-state index in [1.54, 1.807) is 6.07 Å². The van der Waals surface area contributed by atoms with Crippen molar-refractivity contribution in [1.82, 2.24) is 4.98 Å². The van der Waals surface area contributed by atoms with E-state index in [0.717, 1.165) is 18.2 Å². The average molecular weight is 576 g/mol. The fourth-order valence-electron chi connectivity index (χ4n) is 3.96. The SMILES string of the molecule is O=C([O-])c1cc(F)cc(C2=C(c3cc(C(F)(F)F)cnc3OCc3ccc(Br)cc3F)CCC2)c1.[Na+]. The van der Waals surface area contributed by atoms with Gasteiger partial charge in [0.05, 0.1) is 11.5 Å². The number of pyridine rings is 1. The molecule has 1 aliphatic carbocycles. The van der Waals surface area contributed by atoms with Gasteiger partial charge in [-0.2, -0.15) is 13.2 Å². The summed E-state index contributed by atoms with van der Waals surface area (Å²) in [6.45, 7) is -0.290. The first kappa shape index (κ1) is 28.3. The number of alkyl halides is 3. The molecule has 0 saturated heterocycles. The molecule has 182 valence electrons. The van der Waals surface area contributed by atoms with Gasteiger partial charge in [-0.05, 0) is 72.4 Å². The summed E-state index contributed by atoms with van der Waals surface area (Å²) in [4.78, 5) is 15.1. The van der Waals surface area contributed by atoms with E-state index in [-0.39, 0.29) is 64.3 Å². The van der Waals surface area contributed by atoms with Gasteiger partial charge in [-0.3, -0.25) is 0 Å². The molecule has 1 aliphatic rings. The summed E-state index contributed by atoms with van der Waals surface area (Å²) in [6, 6.07) is 8.33. The molecule has 2 aromatic carbocycles. The number of aromatic carboxylic acids is 1. The number of ether oxygens (including phenoxy) is 1. The quantitative estimate of drug-likeness (QED) is 0.335. The van der Waals surface area contributed by atoms with Gasteiger partial charge in [0, 0.05) is 27.4 Å². The Hall–Kier alpha value is -2.27. The Kier molecular flexibility index (Phi) is 8.97. The second-order valence-corrected chi connectivity index (χ2v) is 8.84. The molecule has 4 nitrogen and oxygen atoms in total. The molecule has 4 rings (SSSR count). The second kappa shape index (κ2) is 11.4. The maximum absolute atomic E-state index is 14.2. The van der Waals surface area contributed by atoms with Crippen LogP contribution in [0.5, 0.6) is 5.88 Å². The van der Waals surface area contributed by atoms with Gasteiger partial charge in [0.1, 0.15) is 18.2 Å². The zero-order chi connectivity index (χ0) is 25.3. The average Bonchev–Trinajstić information content (AvgIpc) is 3.27. The molecule has 0 N–H and O–H groups in total. The van der Waals surface area contributed by atoms with E-state index < -0.39 is 29.3 Å². The molecule has 36 heavy (non-hydrogen) atoms. The minimum atomic E-state index is -4.68. The van der Waals surface area contributed by atoms with E-state index in [1.807, 2.05) is 0 Å². The van der Waals surface area contributed by atoms with Crippen LogP contribution in [0.25, 0.3) is 11.1 Å². The first-order valence-corrected chi connectivity index (χ1v) is 11.2. The summed E-state index contributed by atoms with van der Waals surface area (Å²) >= 11 is 3.15. The van der Waals surface area contributed by atoms with Gasteiger partial charge in [-0.25, -0.2) is 13.8 Å². The van der Waals surface area contributed by atoms with Crippen LogP contribution in [0.15, 0.2) is 53.1 Å². The van der Waals surface area contributed by atoms with Crippen molar-refractivity contribution in [2.75, 3.05) is 0 Å². The van der Waals surface area contributed by atoms with Crippen molar-refractivity contribution in [1.29, 1.82) is 0 Å². The Morgan fingerprint density at radius 1 is 1.06 bits per heavy atom. The van der Waals surface area contributed by atoms with Crippen LogP contribution in [0, 0.1) is 11.6 Å². The molecule has 0 amide bonds. The first-order chi connectivity index (χ1) is 16.5. The number of aromatic nitrogens is 1. The first-order valence-electron chi connectivity index (χ1n) is 10.4. The molecule has 1 heterocycles. The molecule has 0 atom stereocenters. The van der Waals surface area contributed by atoms with Crippen molar-refractivity contribution in [2.45, 2.75) is 32.0 Å². The van der Waals surface area contributed by atoms with Crippen molar-refractivity contribution in [3.8, 4) is 5.88 Å². The molecule has 1 aromatic heterocycles. The van der Waals surface area contributed by atoms with Crippen molar-refractivity contribution in [2.24, 2.45) is 0 Å². The van der Waals surface area contributed by atoms with Gasteiger partial charge in [0.25, 0.3) is 0 Å². The molecule has 0 saturated carbocycles. The second-order valence-electron chi connectivity index (χ2n) is 7.93. The molecule has 0 bridgehead atoms. The minimum Gasteiger partial charge on any atom is -0.545 e. The van der Waals surface area contributed by atoms with E-state index in [2.05, 4.69) is 20.9 Å². The topological polar surface area (TPSA) is 62.2 Å². The van der Waals surface area contributed by atoms with Gasteiger partial charge in [-0.15, -0.1) is 0 Å². The molecule has 0 spiro atoms. The molecule has 0 unspecified atom stereocenters. The van der Waals surface area contributed by atoms with Crippen LogP contribution in [0.4, 0.5) is 22.0 Å². The Labute approximate surface area is 233 Å².